The maximum absolute atomic E-state index is 14.3. The van der Waals surface area contributed by atoms with Gasteiger partial charge in [-0.1, -0.05) is 55.2 Å². The first-order chi connectivity index (χ1) is 20.1. The van der Waals surface area contributed by atoms with Crippen molar-refractivity contribution in [2.24, 2.45) is 5.92 Å². The van der Waals surface area contributed by atoms with Crippen LogP contribution in [0.4, 0.5) is 24.5 Å². The number of nitrogens with zero attached hydrogens (tertiary/aromatic N) is 3. The third kappa shape index (κ3) is 7.04. The molecule has 2 heterocycles. The molecule has 0 radical (unpaired) electrons. The van der Waals surface area contributed by atoms with Crippen molar-refractivity contribution in [1.82, 2.24) is 14.8 Å². The Morgan fingerprint density at radius 2 is 1.79 bits per heavy atom. The third-order valence-electron chi connectivity index (χ3n) is 8.01. The summed E-state index contributed by atoms with van der Waals surface area (Å²) >= 11 is 0. The maximum atomic E-state index is 14.3. The van der Waals surface area contributed by atoms with Crippen LogP contribution in [0.2, 0.25) is 0 Å². The third-order valence-corrected chi connectivity index (χ3v) is 8.01. The van der Waals surface area contributed by atoms with E-state index in [-0.39, 0.29) is 12.5 Å². The number of allylic oxidation sites excluding steroid dienone is 2. The van der Waals surface area contributed by atoms with E-state index in [0.29, 0.717) is 16.9 Å². The molecule has 1 aliphatic carbocycles. The molecule has 3 aromatic rings. The average molecular weight is 572 g/mol. The zero-order valence-electron chi connectivity index (χ0n) is 24.0. The highest BCUT2D eigenvalue weighted by molar-refractivity contribution is 5.78. The second kappa shape index (κ2) is 12.4. The monoisotopic (exact) mass is 571 g/mol. The molecule has 218 valence electrons. The van der Waals surface area contributed by atoms with Crippen molar-refractivity contribution < 1.29 is 13.2 Å². The number of pyridine rings is 1. The highest BCUT2D eigenvalue weighted by Crippen LogP contribution is 2.38. The van der Waals surface area contributed by atoms with Crippen LogP contribution in [-0.2, 0) is 12.7 Å². The minimum absolute atomic E-state index is 0.275. The van der Waals surface area contributed by atoms with Gasteiger partial charge in [-0.15, -0.1) is 0 Å². The molecule has 0 amide bonds. The van der Waals surface area contributed by atoms with Crippen molar-refractivity contribution in [2.75, 3.05) is 43.8 Å². The normalized spacial score (nSPS) is 21.4. The first-order valence-corrected chi connectivity index (χ1v) is 14.2. The molecular formula is C34H36F3N5. The molecule has 1 aromatic heterocycles. The Morgan fingerprint density at radius 1 is 1.05 bits per heavy atom. The zero-order valence-corrected chi connectivity index (χ0v) is 24.0. The highest BCUT2D eigenvalue weighted by atomic mass is 19.4. The summed E-state index contributed by atoms with van der Waals surface area (Å²) in [6, 6.07) is 15.9. The Morgan fingerprint density at radius 3 is 2.45 bits per heavy atom. The summed E-state index contributed by atoms with van der Waals surface area (Å²) in [5.74, 6) is 6.19. The van der Waals surface area contributed by atoms with Crippen molar-refractivity contribution in [3.8, 4) is 11.8 Å². The summed E-state index contributed by atoms with van der Waals surface area (Å²) < 4.78 is 42.9. The lowest BCUT2D eigenvalue weighted by atomic mass is 9.78. The van der Waals surface area contributed by atoms with Crippen molar-refractivity contribution in [3.05, 3.63) is 107 Å². The predicted octanol–water partition coefficient (Wildman–Crippen LogP) is 6.31. The topological polar surface area (TPSA) is 57.4 Å². The van der Waals surface area contributed by atoms with Crippen molar-refractivity contribution in [1.29, 1.82) is 0 Å². The van der Waals surface area contributed by atoms with Gasteiger partial charge in [0.15, 0.2) is 0 Å². The molecule has 1 aliphatic heterocycles. The molecular weight excluding hydrogens is 535 g/mol. The van der Waals surface area contributed by atoms with Crippen LogP contribution in [0, 0.1) is 17.8 Å². The van der Waals surface area contributed by atoms with Crippen molar-refractivity contribution >= 4 is 16.9 Å². The molecule has 0 saturated carbocycles. The van der Waals surface area contributed by atoms with Crippen LogP contribution < -0.4 is 11.1 Å². The van der Waals surface area contributed by atoms with Crippen LogP contribution in [0.1, 0.15) is 36.1 Å². The number of likely N-dealkylation sites (N-methyl/N-ethyl adjacent to an activating group) is 1. The number of alkyl halides is 3. The van der Waals surface area contributed by atoms with Crippen molar-refractivity contribution in [2.45, 2.75) is 32.1 Å². The summed E-state index contributed by atoms with van der Waals surface area (Å²) in [5.41, 5.74) is 8.58. The summed E-state index contributed by atoms with van der Waals surface area (Å²) in [4.78, 5) is 8.55. The van der Waals surface area contributed by atoms with E-state index in [2.05, 4.69) is 44.9 Å². The van der Waals surface area contributed by atoms with Crippen molar-refractivity contribution in [3.63, 3.8) is 0 Å². The fraction of sp³-hybridized carbons (Fsp3) is 0.324. The van der Waals surface area contributed by atoms with Crippen LogP contribution in [0.25, 0.3) is 5.57 Å². The Kier molecular flexibility index (Phi) is 8.72. The molecule has 1 fully saturated rings. The van der Waals surface area contributed by atoms with Gasteiger partial charge in [-0.2, -0.15) is 13.2 Å². The molecule has 2 aromatic carbocycles. The van der Waals surface area contributed by atoms with E-state index in [9.17, 15) is 13.2 Å². The van der Waals surface area contributed by atoms with Gasteiger partial charge in [0.2, 0.25) is 0 Å². The number of rotatable bonds is 6. The molecule has 3 N–H and O–H groups in total. The van der Waals surface area contributed by atoms with Gasteiger partial charge in [0, 0.05) is 62.1 Å². The van der Waals surface area contributed by atoms with Crippen LogP contribution in [-0.4, -0.2) is 53.0 Å². The number of nitrogen functional groups attached to an aromatic ring is 1. The van der Waals surface area contributed by atoms with Gasteiger partial charge in [0.05, 0.1) is 17.0 Å². The summed E-state index contributed by atoms with van der Waals surface area (Å²) in [5, 5.41) is 3.39. The lowest BCUT2D eigenvalue weighted by Crippen LogP contribution is -2.45. The maximum Gasteiger partial charge on any atom is 0.416 e. The summed E-state index contributed by atoms with van der Waals surface area (Å²) in [7, 11) is 0. The van der Waals surface area contributed by atoms with Gasteiger partial charge in [-0.25, -0.2) is 0 Å². The number of nitrogens with two attached hydrogens (primary N) is 1. The van der Waals surface area contributed by atoms with Gasteiger partial charge in [-0.3, -0.25) is 9.88 Å². The lowest BCUT2D eigenvalue weighted by Gasteiger charge is -2.36. The van der Waals surface area contributed by atoms with Gasteiger partial charge < -0.3 is 16.0 Å². The van der Waals surface area contributed by atoms with Gasteiger partial charge in [0.1, 0.15) is 0 Å². The lowest BCUT2D eigenvalue weighted by molar-refractivity contribution is -0.138. The standard InChI is InChI=1S/C34H36F3N5/c1-3-41-17-19-42(20-18-41)24-28-9-13-31(22-32(28)34(35,36)37)40-33(2)15-14-27(26-7-11-30(38)12-8-26)21-29(33)10-6-25-5-4-16-39-23-25/h4-5,7-9,11-16,21-23,29,40H,3,17-20,24,38H2,1-2H3. The first-order valence-electron chi connectivity index (χ1n) is 14.2. The number of benzene rings is 2. The SMILES string of the molecule is CCN1CCN(Cc2ccc(NC3(C)C=CC(c4ccc(N)cc4)=CC3C#Cc3cccnc3)cc2C(F)(F)F)CC1. The number of anilines is 2. The molecule has 42 heavy (non-hydrogen) atoms. The van der Waals surface area contributed by atoms with Crippen LogP contribution in [0.15, 0.2) is 85.2 Å². The van der Waals surface area contributed by atoms with E-state index < -0.39 is 17.3 Å². The molecule has 8 heteroatoms. The van der Waals surface area contributed by atoms with Crippen LogP contribution in [0.3, 0.4) is 0 Å². The van der Waals surface area contributed by atoms with Gasteiger partial charge in [0.25, 0.3) is 0 Å². The second-order valence-corrected chi connectivity index (χ2v) is 11.1. The number of piperazine rings is 1. The highest BCUT2D eigenvalue weighted by Gasteiger charge is 2.36. The summed E-state index contributed by atoms with van der Waals surface area (Å²) in [6.07, 6.45) is 4.93. The number of nitrogens with one attached hydrogen (secondary N) is 1. The Balaban J connectivity index is 1.43. The number of halogens is 3. The molecule has 2 unspecified atom stereocenters. The Bertz CT molecular complexity index is 1490. The molecule has 1 saturated heterocycles. The van der Waals surface area contributed by atoms with Gasteiger partial charge >= 0.3 is 6.18 Å². The number of aromatic nitrogens is 1. The van der Waals surface area contributed by atoms with E-state index in [1.807, 2.05) is 55.5 Å². The first kappa shape index (κ1) is 29.4. The average Bonchev–Trinajstić information content (AvgIpc) is 2.98. The van der Waals surface area contributed by atoms with E-state index in [1.165, 1.54) is 6.07 Å². The fourth-order valence-corrected chi connectivity index (χ4v) is 5.42. The summed E-state index contributed by atoms with van der Waals surface area (Å²) in [6.45, 7) is 8.55. The molecule has 5 rings (SSSR count). The number of hydrogen-bond donors (Lipinski definition) is 2. The van der Waals surface area contributed by atoms with E-state index >= 15 is 0 Å². The Labute approximate surface area is 245 Å². The van der Waals surface area contributed by atoms with Gasteiger partial charge in [-0.05, 0) is 66.6 Å². The van der Waals surface area contributed by atoms with E-state index in [4.69, 9.17) is 5.73 Å². The minimum Gasteiger partial charge on any atom is -0.399 e. The largest absolute Gasteiger partial charge is 0.416 e. The Hall–Kier alpha value is -4.06. The molecule has 2 atom stereocenters. The molecule has 2 aliphatic rings. The second-order valence-electron chi connectivity index (χ2n) is 11.1. The zero-order chi connectivity index (χ0) is 29.7. The minimum atomic E-state index is -4.47. The van der Waals surface area contributed by atoms with E-state index in [0.717, 1.165) is 49.4 Å². The van der Waals surface area contributed by atoms with Crippen LogP contribution in [0.5, 0.6) is 0 Å². The smallest absolute Gasteiger partial charge is 0.399 e. The fourth-order valence-electron chi connectivity index (χ4n) is 5.42. The molecule has 0 spiro atoms. The number of hydrogen-bond acceptors (Lipinski definition) is 5. The quantitative estimate of drug-likeness (QED) is 0.268. The molecule has 5 nitrogen and oxygen atoms in total. The molecule has 0 bridgehead atoms. The van der Waals surface area contributed by atoms with E-state index in [1.54, 1.807) is 24.5 Å². The van der Waals surface area contributed by atoms with Crippen LogP contribution >= 0.6 is 0 Å². The predicted molar refractivity (Wildman–Crippen MR) is 163 cm³/mol.